The number of nitrogens with one attached hydrogen (secondary N) is 2. The van der Waals surface area contributed by atoms with Crippen molar-refractivity contribution in [3.8, 4) is 5.69 Å². The van der Waals surface area contributed by atoms with Crippen LogP contribution < -0.4 is 10.6 Å². The fourth-order valence-corrected chi connectivity index (χ4v) is 4.01. The van der Waals surface area contributed by atoms with Gasteiger partial charge in [-0.05, 0) is 62.7 Å². The van der Waals surface area contributed by atoms with Gasteiger partial charge in [0.25, 0.3) is 5.91 Å². The maximum atomic E-state index is 12.9. The maximum absolute atomic E-state index is 12.9. The Morgan fingerprint density at radius 1 is 1.03 bits per heavy atom. The number of hydrogen-bond acceptors (Lipinski definition) is 4. The SMILES string of the molecule is Cc1ccc(NC(=O)CN2C(=O)N/C(=C/c3cc(C)n(-c4ccccc4C(=O)O)c3C)C2=O)cc1. The molecule has 35 heavy (non-hydrogen) atoms. The van der Waals surface area contributed by atoms with Gasteiger partial charge in [0, 0.05) is 17.1 Å². The Hall–Kier alpha value is -4.66. The number of nitrogens with zero attached hydrogens (tertiary/aromatic N) is 2. The van der Waals surface area contributed by atoms with Crippen LogP contribution in [-0.4, -0.2) is 44.9 Å². The van der Waals surface area contributed by atoms with E-state index in [2.05, 4.69) is 10.6 Å². The van der Waals surface area contributed by atoms with E-state index in [9.17, 15) is 24.3 Å². The van der Waals surface area contributed by atoms with Gasteiger partial charge in [0.2, 0.25) is 5.91 Å². The molecule has 2 aromatic carbocycles. The van der Waals surface area contributed by atoms with Crippen molar-refractivity contribution in [1.82, 2.24) is 14.8 Å². The van der Waals surface area contributed by atoms with Crippen LogP contribution in [-0.2, 0) is 9.59 Å². The summed E-state index contributed by atoms with van der Waals surface area (Å²) >= 11 is 0. The number of aromatic nitrogens is 1. The van der Waals surface area contributed by atoms with Crippen LogP contribution in [0.25, 0.3) is 11.8 Å². The summed E-state index contributed by atoms with van der Waals surface area (Å²) in [5.41, 5.74) is 4.37. The van der Waals surface area contributed by atoms with E-state index in [1.807, 2.05) is 26.0 Å². The first-order valence-electron chi connectivity index (χ1n) is 10.9. The quantitative estimate of drug-likeness (QED) is 0.374. The number of amides is 4. The molecule has 9 heteroatoms. The molecule has 1 fully saturated rings. The number of imide groups is 1. The summed E-state index contributed by atoms with van der Waals surface area (Å²) in [4.78, 5) is 50.2. The molecule has 0 unspecified atom stereocenters. The normalized spacial score (nSPS) is 14.4. The highest BCUT2D eigenvalue weighted by molar-refractivity contribution is 6.16. The summed E-state index contributed by atoms with van der Waals surface area (Å²) in [6, 6.07) is 14.9. The molecule has 0 radical (unpaired) electrons. The largest absolute Gasteiger partial charge is 0.478 e. The van der Waals surface area contributed by atoms with Gasteiger partial charge < -0.3 is 20.3 Å². The molecule has 1 aliphatic rings. The highest BCUT2D eigenvalue weighted by atomic mass is 16.4. The third-order valence-corrected chi connectivity index (χ3v) is 5.74. The van der Waals surface area contributed by atoms with Crippen molar-refractivity contribution < 1.29 is 24.3 Å². The van der Waals surface area contributed by atoms with Gasteiger partial charge in [0.15, 0.2) is 0 Å². The molecule has 3 N–H and O–H groups in total. The molecular weight excluding hydrogens is 448 g/mol. The zero-order chi connectivity index (χ0) is 25.3. The number of carboxylic acid groups (broad SMARTS) is 1. The van der Waals surface area contributed by atoms with E-state index in [-0.39, 0.29) is 11.3 Å². The standard InChI is InChI=1S/C26H24N4O5/c1-15-8-10-19(11-9-15)27-23(31)14-29-24(32)21(28-26(29)35)13-18-12-16(2)30(17(18)3)22-7-5-4-6-20(22)25(33)34/h4-13H,14H2,1-3H3,(H,27,31)(H,28,35)(H,33,34)/b21-13+. The van der Waals surface area contributed by atoms with E-state index in [4.69, 9.17) is 0 Å². The molecular formula is C26H24N4O5. The molecule has 9 nitrogen and oxygen atoms in total. The number of urea groups is 1. The first-order valence-corrected chi connectivity index (χ1v) is 10.9. The van der Waals surface area contributed by atoms with Gasteiger partial charge >= 0.3 is 12.0 Å². The highest BCUT2D eigenvalue weighted by Gasteiger charge is 2.35. The number of aromatic carboxylic acids is 1. The minimum absolute atomic E-state index is 0.0323. The van der Waals surface area contributed by atoms with Crippen LogP contribution in [0.3, 0.4) is 0 Å². The fraction of sp³-hybridized carbons (Fsp3) is 0.154. The lowest BCUT2D eigenvalue weighted by Crippen LogP contribution is -2.38. The first-order chi connectivity index (χ1) is 16.7. The molecule has 4 rings (SSSR count). The summed E-state index contributed by atoms with van der Waals surface area (Å²) in [5, 5.41) is 14.7. The predicted octanol–water partition coefficient (Wildman–Crippen LogP) is 3.63. The Balaban J connectivity index is 1.56. The Labute approximate surface area is 201 Å². The van der Waals surface area contributed by atoms with Gasteiger partial charge in [-0.3, -0.25) is 9.59 Å². The summed E-state index contributed by atoms with van der Waals surface area (Å²) in [6.07, 6.45) is 1.53. The Morgan fingerprint density at radius 2 is 1.71 bits per heavy atom. The lowest BCUT2D eigenvalue weighted by molar-refractivity contribution is -0.127. The number of carbonyl (C=O) groups excluding carboxylic acids is 3. The molecule has 2 heterocycles. The van der Waals surface area contributed by atoms with Gasteiger partial charge in [-0.1, -0.05) is 29.8 Å². The maximum Gasteiger partial charge on any atom is 0.337 e. The van der Waals surface area contributed by atoms with Gasteiger partial charge in [0.1, 0.15) is 12.2 Å². The first kappa shape index (κ1) is 23.5. The van der Waals surface area contributed by atoms with E-state index >= 15 is 0 Å². The van der Waals surface area contributed by atoms with Crippen LogP contribution in [0.2, 0.25) is 0 Å². The number of carbonyl (C=O) groups is 4. The lowest BCUT2D eigenvalue weighted by atomic mass is 10.1. The summed E-state index contributed by atoms with van der Waals surface area (Å²) in [6.45, 7) is 5.12. The van der Waals surface area contributed by atoms with Crippen LogP contribution in [0.15, 0.2) is 60.3 Å². The molecule has 0 spiro atoms. The molecule has 1 aliphatic heterocycles. The number of benzene rings is 2. The van der Waals surface area contributed by atoms with Crippen LogP contribution in [0.1, 0.15) is 32.9 Å². The number of anilines is 1. The number of hydrogen-bond donors (Lipinski definition) is 3. The number of carboxylic acids is 1. The van der Waals surface area contributed by atoms with Gasteiger partial charge in [-0.2, -0.15) is 0 Å². The molecule has 0 atom stereocenters. The van der Waals surface area contributed by atoms with Crippen molar-refractivity contribution in [1.29, 1.82) is 0 Å². The number of rotatable bonds is 6. The van der Waals surface area contributed by atoms with Crippen molar-refractivity contribution in [2.75, 3.05) is 11.9 Å². The van der Waals surface area contributed by atoms with Crippen LogP contribution >= 0.6 is 0 Å². The minimum atomic E-state index is -1.05. The average molecular weight is 473 g/mol. The molecule has 1 saturated heterocycles. The van der Waals surface area contributed by atoms with Crippen molar-refractivity contribution in [2.45, 2.75) is 20.8 Å². The molecule has 0 aliphatic carbocycles. The highest BCUT2D eigenvalue weighted by Crippen LogP contribution is 2.26. The van der Waals surface area contributed by atoms with E-state index in [0.717, 1.165) is 16.2 Å². The molecule has 3 aromatic rings. The molecule has 178 valence electrons. The molecule has 4 amide bonds. The molecule has 0 bridgehead atoms. The van der Waals surface area contributed by atoms with E-state index < -0.39 is 30.4 Å². The third kappa shape index (κ3) is 4.70. The van der Waals surface area contributed by atoms with Crippen LogP contribution in [0, 0.1) is 20.8 Å². The van der Waals surface area contributed by atoms with Crippen LogP contribution in [0.4, 0.5) is 10.5 Å². The van der Waals surface area contributed by atoms with Crippen molar-refractivity contribution in [3.63, 3.8) is 0 Å². The Kier molecular flexibility index (Phi) is 6.24. The summed E-state index contributed by atoms with van der Waals surface area (Å²) < 4.78 is 1.78. The molecule has 1 aromatic heterocycles. The topological polar surface area (TPSA) is 121 Å². The van der Waals surface area contributed by atoms with Crippen molar-refractivity contribution in [3.05, 3.63) is 88.4 Å². The van der Waals surface area contributed by atoms with Gasteiger partial charge in [0.05, 0.1) is 11.3 Å². The summed E-state index contributed by atoms with van der Waals surface area (Å²) in [5.74, 6) is -2.17. The summed E-state index contributed by atoms with van der Waals surface area (Å²) in [7, 11) is 0. The second-order valence-corrected chi connectivity index (χ2v) is 8.28. The zero-order valence-electron chi connectivity index (χ0n) is 19.5. The van der Waals surface area contributed by atoms with Gasteiger partial charge in [-0.25, -0.2) is 14.5 Å². The van der Waals surface area contributed by atoms with E-state index in [1.54, 1.807) is 47.9 Å². The van der Waals surface area contributed by atoms with Crippen LogP contribution in [0.5, 0.6) is 0 Å². The smallest absolute Gasteiger partial charge is 0.337 e. The number of aryl methyl sites for hydroxylation is 2. The number of para-hydroxylation sites is 1. The van der Waals surface area contributed by atoms with Crippen molar-refractivity contribution >= 4 is 35.6 Å². The third-order valence-electron chi connectivity index (χ3n) is 5.74. The monoisotopic (exact) mass is 472 g/mol. The zero-order valence-corrected chi connectivity index (χ0v) is 19.5. The van der Waals surface area contributed by atoms with Gasteiger partial charge in [-0.15, -0.1) is 0 Å². The lowest BCUT2D eigenvalue weighted by Gasteiger charge is -2.12. The van der Waals surface area contributed by atoms with E-state index in [0.29, 0.717) is 22.6 Å². The Bertz CT molecular complexity index is 1390. The van der Waals surface area contributed by atoms with Crippen molar-refractivity contribution in [2.24, 2.45) is 0 Å². The van der Waals surface area contributed by atoms with E-state index in [1.165, 1.54) is 12.1 Å². The minimum Gasteiger partial charge on any atom is -0.478 e. The fourth-order valence-electron chi connectivity index (χ4n) is 4.01. The average Bonchev–Trinajstić information content (AvgIpc) is 3.24. The second kappa shape index (κ2) is 9.30. The Morgan fingerprint density at radius 3 is 2.40 bits per heavy atom. The predicted molar refractivity (Wildman–Crippen MR) is 130 cm³/mol. The second-order valence-electron chi connectivity index (χ2n) is 8.28. The molecule has 0 saturated carbocycles.